The molecule has 0 bridgehead atoms. The van der Waals surface area contributed by atoms with Crippen LogP contribution < -0.4 is 11.1 Å². The van der Waals surface area contributed by atoms with Crippen molar-refractivity contribution < 1.29 is 0 Å². The Morgan fingerprint density at radius 1 is 0.417 bits per heavy atom. The molecule has 0 saturated heterocycles. The lowest BCUT2D eigenvalue weighted by Crippen LogP contribution is -2.31. The second kappa shape index (κ2) is 9.04. The molecular weight excluding hydrogens is 594 g/mol. The fraction of sp³-hybridized carbons (Fsp3) is 0.122. The Labute approximate surface area is 274 Å². The van der Waals surface area contributed by atoms with Crippen LogP contribution in [0.15, 0.2) is 107 Å². The summed E-state index contributed by atoms with van der Waals surface area (Å²) in [4.78, 5) is 29.4. The Morgan fingerprint density at radius 2 is 0.812 bits per heavy atom. The summed E-state index contributed by atoms with van der Waals surface area (Å²) >= 11 is 0. The zero-order valence-corrected chi connectivity index (χ0v) is 27.3. The van der Waals surface area contributed by atoms with Gasteiger partial charge in [-0.05, 0) is 86.7 Å². The minimum Gasteiger partial charge on any atom is -0.304 e. The molecule has 7 nitrogen and oxygen atoms in total. The molecule has 0 saturated carbocycles. The van der Waals surface area contributed by atoms with E-state index in [0.29, 0.717) is 22.3 Å². The van der Waals surface area contributed by atoms with Gasteiger partial charge in [0.2, 0.25) is 0 Å². The highest BCUT2D eigenvalue weighted by Gasteiger charge is 2.30. The Kier molecular flexibility index (Phi) is 5.10. The normalized spacial score (nSPS) is 12.4. The average Bonchev–Trinajstić information content (AvgIpc) is 3.56. The summed E-state index contributed by atoms with van der Waals surface area (Å²) in [7, 11) is 0. The van der Waals surface area contributed by atoms with Crippen molar-refractivity contribution in [2.75, 3.05) is 0 Å². The average molecular weight is 626 g/mol. The zero-order chi connectivity index (χ0) is 32.7. The van der Waals surface area contributed by atoms with Crippen LogP contribution in [0.3, 0.4) is 0 Å². The van der Waals surface area contributed by atoms with Crippen molar-refractivity contribution >= 4 is 60.7 Å². The third-order valence-corrected chi connectivity index (χ3v) is 10.4. The van der Waals surface area contributed by atoms with Crippen LogP contribution >= 0.6 is 0 Å². The van der Waals surface area contributed by atoms with Gasteiger partial charge in [0.1, 0.15) is 0 Å². The molecule has 0 N–H and O–H groups in total. The van der Waals surface area contributed by atoms with Gasteiger partial charge in [-0.15, -0.1) is 0 Å². The zero-order valence-electron chi connectivity index (χ0n) is 27.3. The maximum Gasteiger partial charge on any atom is 0.323 e. The van der Waals surface area contributed by atoms with E-state index in [9.17, 15) is 9.59 Å². The third-order valence-electron chi connectivity index (χ3n) is 10.4. The second-order valence-electron chi connectivity index (χ2n) is 13.3. The molecule has 0 atom stereocenters. The predicted octanol–water partition coefficient (Wildman–Crippen LogP) is 8.34. The van der Waals surface area contributed by atoms with E-state index in [1.54, 1.807) is 8.80 Å². The number of nitrogens with zero attached hydrogens (tertiary/aromatic N) is 5. The summed E-state index contributed by atoms with van der Waals surface area (Å²) in [5.74, 6) is 0. The van der Waals surface area contributed by atoms with Crippen molar-refractivity contribution in [3.63, 3.8) is 0 Å². The number of hydrogen-bond acceptors (Lipinski definition) is 2. The maximum atomic E-state index is 14.7. The van der Waals surface area contributed by atoms with Crippen molar-refractivity contribution in [1.82, 2.24) is 22.3 Å². The monoisotopic (exact) mass is 625 g/mol. The van der Waals surface area contributed by atoms with Gasteiger partial charge in [-0.2, -0.15) is 0 Å². The molecule has 5 aromatic heterocycles. The molecule has 48 heavy (non-hydrogen) atoms. The Balaban J connectivity index is 1.71. The lowest BCUT2D eigenvalue weighted by molar-refractivity contribution is 1.04. The van der Waals surface area contributed by atoms with Crippen molar-refractivity contribution in [2.24, 2.45) is 0 Å². The van der Waals surface area contributed by atoms with Crippen LogP contribution in [0.25, 0.3) is 72.1 Å². The van der Waals surface area contributed by atoms with Crippen LogP contribution in [-0.2, 0) is 0 Å². The van der Waals surface area contributed by atoms with Crippen LogP contribution in [0.4, 0.5) is 0 Å². The predicted molar refractivity (Wildman–Crippen MR) is 195 cm³/mol. The standard InChI is InChI=1S/C41H31N5O2/c1-22-20-31-37-32(21-22)43(34-25(4)14-11-15-26(34)5)36-28-17-7-9-19-30(28)45-39(36)46(37)38-35(42(31)33-23(2)12-10-13-24(33)3)27-16-6-8-18-29(27)44(38)40(47)41(45)48/h6-21H,1-5H3. The quantitative estimate of drug-likeness (QED) is 0.181. The number of hydrogen-bond donors (Lipinski definition) is 0. The van der Waals surface area contributed by atoms with Crippen molar-refractivity contribution in [3.8, 4) is 11.4 Å². The molecular formula is C41H31N5O2. The molecule has 0 aliphatic rings. The second-order valence-corrected chi connectivity index (χ2v) is 13.3. The molecule has 0 unspecified atom stereocenters. The first kappa shape index (κ1) is 27.1. The fourth-order valence-electron chi connectivity index (χ4n) is 8.52. The van der Waals surface area contributed by atoms with Crippen LogP contribution in [0.1, 0.15) is 27.8 Å². The smallest absolute Gasteiger partial charge is 0.304 e. The van der Waals surface area contributed by atoms with Gasteiger partial charge in [0.05, 0.1) is 50.0 Å². The molecule has 0 aliphatic carbocycles. The van der Waals surface area contributed by atoms with Gasteiger partial charge in [0.25, 0.3) is 0 Å². The highest BCUT2D eigenvalue weighted by atomic mass is 16.2. The first-order valence-electron chi connectivity index (χ1n) is 16.3. The molecule has 232 valence electrons. The SMILES string of the molecule is Cc1cc2c3c(c1)n(-c1c(C)cccc1C)c1c4ccccc4n4c(=O)c(=O)n5c6ccccc6c(c5n3c14)n2-c1c(C)cccc1C. The summed E-state index contributed by atoms with van der Waals surface area (Å²) in [5, 5.41) is 1.82. The summed E-state index contributed by atoms with van der Waals surface area (Å²) in [5.41, 5.74) is 14.0. The number of aromatic nitrogens is 5. The van der Waals surface area contributed by atoms with Gasteiger partial charge in [-0.25, -0.2) is 0 Å². The number of rotatable bonds is 2. The molecule has 5 heterocycles. The van der Waals surface area contributed by atoms with Gasteiger partial charge in [-0.1, -0.05) is 72.8 Å². The largest absolute Gasteiger partial charge is 0.323 e. The van der Waals surface area contributed by atoms with Gasteiger partial charge < -0.3 is 9.13 Å². The Morgan fingerprint density at radius 3 is 1.23 bits per heavy atom. The molecule has 0 aliphatic heterocycles. The lowest BCUT2D eigenvalue weighted by atomic mass is 10.0. The number of benzene rings is 5. The number of fused-ring (bicyclic) bond motifs is 6. The van der Waals surface area contributed by atoms with Crippen LogP contribution in [-0.4, -0.2) is 22.3 Å². The van der Waals surface area contributed by atoms with Crippen LogP contribution in [0.2, 0.25) is 0 Å². The van der Waals surface area contributed by atoms with Crippen molar-refractivity contribution in [2.45, 2.75) is 34.6 Å². The maximum absolute atomic E-state index is 14.7. The van der Waals surface area contributed by atoms with Crippen LogP contribution in [0.5, 0.6) is 0 Å². The molecule has 0 fully saturated rings. The minimum absolute atomic E-state index is 0.581. The van der Waals surface area contributed by atoms with Gasteiger partial charge in [0.15, 0.2) is 11.3 Å². The van der Waals surface area contributed by atoms with Gasteiger partial charge >= 0.3 is 11.1 Å². The van der Waals surface area contributed by atoms with Gasteiger partial charge in [-0.3, -0.25) is 22.8 Å². The number of para-hydroxylation sites is 4. The fourth-order valence-corrected chi connectivity index (χ4v) is 8.52. The van der Waals surface area contributed by atoms with E-state index in [4.69, 9.17) is 0 Å². The van der Waals surface area contributed by atoms with E-state index in [1.165, 1.54) is 0 Å². The highest BCUT2D eigenvalue weighted by Crippen LogP contribution is 2.42. The third kappa shape index (κ3) is 3.09. The molecule has 0 amide bonds. The van der Waals surface area contributed by atoms with E-state index in [1.807, 2.05) is 36.4 Å². The lowest BCUT2D eigenvalue weighted by Gasteiger charge is -2.25. The van der Waals surface area contributed by atoms with E-state index >= 15 is 0 Å². The summed E-state index contributed by atoms with van der Waals surface area (Å²) in [6.45, 7) is 10.7. The molecule has 10 aromatic rings. The molecule has 7 heteroatoms. The van der Waals surface area contributed by atoms with E-state index < -0.39 is 11.1 Å². The van der Waals surface area contributed by atoms with Crippen LogP contribution in [0, 0.1) is 34.6 Å². The summed E-state index contributed by atoms with van der Waals surface area (Å²) < 4.78 is 10.2. The van der Waals surface area contributed by atoms with Gasteiger partial charge in [0, 0.05) is 10.8 Å². The molecule has 0 radical (unpaired) electrons. The van der Waals surface area contributed by atoms with E-state index in [-0.39, 0.29) is 0 Å². The first-order chi connectivity index (χ1) is 23.3. The molecule has 0 spiro atoms. The minimum atomic E-state index is -0.581. The van der Waals surface area contributed by atoms with Crippen molar-refractivity contribution in [3.05, 3.63) is 146 Å². The first-order valence-corrected chi connectivity index (χ1v) is 16.3. The van der Waals surface area contributed by atoms with Crippen molar-refractivity contribution in [1.29, 1.82) is 0 Å². The Hall–Kier alpha value is -6.08. The Bertz CT molecular complexity index is 2910. The molecule has 5 aromatic carbocycles. The topological polar surface area (TPSA) is 57.2 Å². The summed E-state index contributed by atoms with van der Waals surface area (Å²) in [6, 6.07) is 33.1. The highest BCUT2D eigenvalue weighted by molar-refractivity contribution is 6.16. The molecule has 10 rings (SSSR count). The summed E-state index contributed by atoms with van der Waals surface area (Å²) in [6.07, 6.45) is 0. The van der Waals surface area contributed by atoms with E-state index in [0.717, 1.165) is 77.5 Å². The number of aryl methyl sites for hydroxylation is 5. The van der Waals surface area contributed by atoms with E-state index in [2.05, 4.69) is 109 Å².